The first-order chi connectivity index (χ1) is 19.1. The Bertz CT molecular complexity index is 1380. The molecule has 0 heterocycles. The highest BCUT2D eigenvalue weighted by molar-refractivity contribution is 7.92. The molecule has 0 fully saturated rings. The molecule has 0 aromatic heterocycles. The Morgan fingerprint density at radius 2 is 1.60 bits per heavy atom. The van der Waals surface area contributed by atoms with E-state index in [0.717, 1.165) is 21.9 Å². The van der Waals surface area contributed by atoms with Crippen LogP contribution in [0.1, 0.15) is 44.7 Å². The molecule has 8 nitrogen and oxygen atoms in total. The Labute approximate surface area is 238 Å². The summed E-state index contributed by atoms with van der Waals surface area (Å²) in [6, 6.07) is 21.4. The molecule has 2 unspecified atom stereocenters. The molecule has 0 spiro atoms. The van der Waals surface area contributed by atoms with Crippen LogP contribution in [-0.4, -0.2) is 50.9 Å². The zero-order valence-electron chi connectivity index (χ0n) is 23.8. The van der Waals surface area contributed by atoms with Gasteiger partial charge in [-0.1, -0.05) is 61.9 Å². The fourth-order valence-corrected chi connectivity index (χ4v) is 5.72. The van der Waals surface area contributed by atoms with Crippen LogP contribution in [0.4, 0.5) is 5.69 Å². The van der Waals surface area contributed by atoms with E-state index in [1.54, 1.807) is 61.7 Å². The topological polar surface area (TPSA) is 96.0 Å². The van der Waals surface area contributed by atoms with Crippen LogP contribution in [0.25, 0.3) is 0 Å². The number of hydrogen-bond acceptors (Lipinski definition) is 5. The summed E-state index contributed by atoms with van der Waals surface area (Å²) in [6.07, 6.45) is 1.09. The van der Waals surface area contributed by atoms with Crippen molar-refractivity contribution in [3.05, 3.63) is 90.0 Å². The first kappa shape index (κ1) is 30.7. The molecule has 9 heteroatoms. The van der Waals surface area contributed by atoms with Gasteiger partial charge in [-0.2, -0.15) is 0 Å². The minimum atomic E-state index is -4.09. The molecule has 3 rings (SSSR count). The third-order valence-electron chi connectivity index (χ3n) is 6.81. The first-order valence-electron chi connectivity index (χ1n) is 13.5. The van der Waals surface area contributed by atoms with Gasteiger partial charge in [-0.3, -0.25) is 13.9 Å². The third-order valence-corrected chi connectivity index (χ3v) is 8.59. The molecule has 0 saturated heterocycles. The fraction of sp³-hybridized carbons (Fsp3) is 0.355. The molecule has 2 amide bonds. The summed E-state index contributed by atoms with van der Waals surface area (Å²) >= 11 is 0. The largest absolute Gasteiger partial charge is 0.497 e. The number of benzene rings is 3. The Morgan fingerprint density at radius 3 is 2.20 bits per heavy atom. The van der Waals surface area contributed by atoms with Crippen molar-refractivity contribution in [2.45, 2.75) is 64.1 Å². The van der Waals surface area contributed by atoms with E-state index in [2.05, 4.69) is 5.32 Å². The van der Waals surface area contributed by atoms with Gasteiger partial charge >= 0.3 is 0 Å². The van der Waals surface area contributed by atoms with Crippen molar-refractivity contribution in [2.24, 2.45) is 0 Å². The number of ether oxygens (including phenoxy) is 1. The molecule has 0 aliphatic heterocycles. The molecule has 0 radical (unpaired) electrons. The average Bonchev–Trinajstić information content (AvgIpc) is 2.96. The summed E-state index contributed by atoms with van der Waals surface area (Å²) in [5.74, 6) is -0.148. The summed E-state index contributed by atoms with van der Waals surface area (Å²) in [5, 5.41) is 2.98. The van der Waals surface area contributed by atoms with Gasteiger partial charge in [-0.15, -0.1) is 0 Å². The summed E-state index contributed by atoms with van der Waals surface area (Å²) in [5.41, 5.74) is 2.08. The molecule has 3 aromatic carbocycles. The van der Waals surface area contributed by atoms with Crippen LogP contribution in [0, 0.1) is 6.92 Å². The lowest BCUT2D eigenvalue weighted by molar-refractivity contribution is -0.140. The molecular weight excluding hydrogens is 526 g/mol. The Kier molecular flexibility index (Phi) is 10.7. The van der Waals surface area contributed by atoms with Gasteiger partial charge in [-0.25, -0.2) is 8.42 Å². The number of aryl methyl sites for hydroxylation is 1. The molecule has 0 saturated carbocycles. The number of carbonyl (C=O) groups is 2. The van der Waals surface area contributed by atoms with Gasteiger partial charge in [-0.05, 0) is 68.7 Å². The smallest absolute Gasteiger partial charge is 0.264 e. The number of anilines is 1. The maximum absolute atomic E-state index is 14.1. The first-order valence-corrected chi connectivity index (χ1v) is 14.9. The molecule has 214 valence electrons. The lowest BCUT2D eigenvalue weighted by Crippen LogP contribution is -2.53. The van der Waals surface area contributed by atoms with E-state index < -0.39 is 28.5 Å². The van der Waals surface area contributed by atoms with Gasteiger partial charge in [0.2, 0.25) is 11.8 Å². The van der Waals surface area contributed by atoms with Crippen LogP contribution in [0.15, 0.2) is 83.8 Å². The van der Waals surface area contributed by atoms with Crippen LogP contribution >= 0.6 is 0 Å². The van der Waals surface area contributed by atoms with Gasteiger partial charge in [0.1, 0.15) is 18.3 Å². The standard InChI is InChI=1S/C31H39N3O5S/c1-6-24(4)32-31(36)29(7-2)33(21-25-12-11-13-27(20-25)39-5)30(35)22-34(26-18-16-23(3)17-19-26)40(37,38)28-14-9-8-10-15-28/h8-20,24,29H,6-7,21-22H2,1-5H3,(H,32,36). The summed E-state index contributed by atoms with van der Waals surface area (Å²) in [4.78, 5) is 29.0. The van der Waals surface area contributed by atoms with Gasteiger partial charge in [0.15, 0.2) is 0 Å². The second-order valence-corrected chi connectivity index (χ2v) is 11.6. The maximum atomic E-state index is 14.1. The van der Waals surface area contributed by atoms with E-state index in [9.17, 15) is 18.0 Å². The maximum Gasteiger partial charge on any atom is 0.264 e. The SMILES string of the molecule is CCC(C)NC(=O)C(CC)N(Cc1cccc(OC)c1)C(=O)CN(c1ccc(C)cc1)S(=O)(=O)c1ccccc1. The van der Waals surface area contributed by atoms with Crippen molar-refractivity contribution >= 4 is 27.5 Å². The molecule has 1 N–H and O–H groups in total. The molecule has 0 aliphatic carbocycles. The lowest BCUT2D eigenvalue weighted by atomic mass is 10.1. The summed E-state index contributed by atoms with van der Waals surface area (Å²) in [6.45, 7) is 7.25. The highest BCUT2D eigenvalue weighted by atomic mass is 32.2. The summed E-state index contributed by atoms with van der Waals surface area (Å²) < 4.78 is 34.1. The normalized spacial score (nSPS) is 12.7. The molecule has 0 bridgehead atoms. The van der Waals surface area contributed by atoms with E-state index in [0.29, 0.717) is 17.9 Å². The zero-order valence-corrected chi connectivity index (χ0v) is 24.6. The van der Waals surface area contributed by atoms with Crippen molar-refractivity contribution in [2.75, 3.05) is 18.0 Å². The average molecular weight is 566 g/mol. The van der Waals surface area contributed by atoms with Crippen molar-refractivity contribution in [1.29, 1.82) is 0 Å². The van der Waals surface area contributed by atoms with Crippen LogP contribution in [0.3, 0.4) is 0 Å². The number of carbonyl (C=O) groups excluding carboxylic acids is 2. The summed E-state index contributed by atoms with van der Waals surface area (Å²) in [7, 11) is -2.53. The van der Waals surface area contributed by atoms with Gasteiger partial charge in [0.25, 0.3) is 10.0 Å². The number of sulfonamides is 1. The third kappa shape index (κ3) is 7.63. The molecule has 40 heavy (non-hydrogen) atoms. The number of rotatable bonds is 13. The van der Waals surface area contributed by atoms with E-state index in [1.807, 2.05) is 39.8 Å². The van der Waals surface area contributed by atoms with Gasteiger partial charge in [0.05, 0.1) is 17.7 Å². The Morgan fingerprint density at radius 1 is 0.925 bits per heavy atom. The van der Waals surface area contributed by atoms with Crippen LogP contribution in [-0.2, 0) is 26.2 Å². The second-order valence-electron chi connectivity index (χ2n) is 9.78. The fourth-order valence-electron chi connectivity index (χ4n) is 4.29. The van der Waals surface area contributed by atoms with Crippen molar-refractivity contribution in [1.82, 2.24) is 10.2 Å². The highest BCUT2D eigenvalue weighted by Crippen LogP contribution is 2.25. The van der Waals surface area contributed by atoms with Crippen LogP contribution < -0.4 is 14.4 Å². The van der Waals surface area contributed by atoms with Crippen molar-refractivity contribution in [3.63, 3.8) is 0 Å². The van der Waals surface area contributed by atoms with Gasteiger partial charge < -0.3 is 15.0 Å². The van der Waals surface area contributed by atoms with Crippen LogP contribution in [0.5, 0.6) is 5.75 Å². The van der Waals surface area contributed by atoms with Gasteiger partial charge in [0, 0.05) is 12.6 Å². The predicted octanol–water partition coefficient (Wildman–Crippen LogP) is 4.92. The quantitative estimate of drug-likeness (QED) is 0.317. The van der Waals surface area contributed by atoms with E-state index in [4.69, 9.17) is 4.74 Å². The lowest BCUT2D eigenvalue weighted by Gasteiger charge is -2.33. The number of hydrogen-bond donors (Lipinski definition) is 1. The molecular formula is C31H39N3O5S. The Hall–Kier alpha value is -3.85. The van der Waals surface area contributed by atoms with E-state index in [-0.39, 0.29) is 23.4 Å². The minimum Gasteiger partial charge on any atom is -0.497 e. The predicted molar refractivity (Wildman–Crippen MR) is 158 cm³/mol. The number of nitrogens with one attached hydrogen (secondary N) is 1. The zero-order chi connectivity index (χ0) is 29.3. The van der Waals surface area contributed by atoms with Crippen molar-refractivity contribution < 1.29 is 22.7 Å². The van der Waals surface area contributed by atoms with Crippen molar-refractivity contribution in [3.8, 4) is 5.75 Å². The number of methoxy groups -OCH3 is 1. The monoisotopic (exact) mass is 565 g/mol. The molecule has 2 atom stereocenters. The van der Waals surface area contributed by atoms with E-state index in [1.165, 1.54) is 17.0 Å². The second kappa shape index (κ2) is 14.0. The minimum absolute atomic E-state index is 0.0714. The number of amides is 2. The highest BCUT2D eigenvalue weighted by Gasteiger charge is 2.34. The molecule has 3 aromatic rings. The number of nitrogens with zero attached hydrogens (tertiary/aromatic N) is 2. The Balaban J connectivity index is 2.05. The van der Waals surface area contributed by atoms with E-state index >= 15 is 0 Å². The molecule has 0 aliphatic rings. The van der Waals surface area contributed by atoms with Crippen LogP contribution in [0.2, 0.25) is 0 Å².